The van der Waals surface area contributed by atoms with Gasteiger partial charge in [0.2, 0.25) is 5.91 Å². The van der Waals surface area contributed by atoms with Crippen LogP contribution in [0.2, 0.25) is 0 Å². The average Bonchev–Trinajstić information content (AvgIpc) is 3.63. The summed E-state index contributed by atoms with van der Waals surface area (Å²) < 4.78 is 22.0. The van der Waals surface area contributed by atoms with Gasteiger partial charge in [0.25, 0.3) is 0 Å². The van der Waals surface area contributed by atoms with Crippen molar-refractivity contribution in [2.24, 2.45) is 5.92 Å². The van der Waals surface area contributed by atoms with Crippen LogP contribution in [-0.2, 0) is 24.2 Å². The first-order valence-electron chi connectivity index (χ1n) is 12.8. The molecule has 1 amide bonds. The number of hydrogen-bond donors (Lipinski definition) is 2. The zero-order valence-corrected chi connectivity index (χ0v) is 20.8. The molecule has 0 unspecified atom stereocenters. The van der Waals surface area contributed by atoms with Crippen LogP contribution < -0.4 is 11.1 Å². The molecule has 2 aliphatic heterocycles. The summed E-state index contributed by atoms with van der Waals surface area (Å²) >= 11 is 0. The summed E-state index contributed by atoms with van der Waals surface area (Å²) in [5, 5.41) is 3.44. The van der Waals surface area contributed by atoms with Gasteiger partial charge >= 0.3 is 6.08 Å². The lowest BCUT2D eigenvalue weighted by Crippen LogP contribution is -2.37. The molecule has 4 aromatic rings. The monoisotopic (exact) mass is 503 g/mol. The van der Waals surface area contributed by atoms with Crippen LogP contribution >= 0.6 is 0 Å². The molecule has 5 heterocycles. The minimum atomic E-state index is -0.854. The Balaban J connectivity index is 1.35. The number of anilines is 2. The topological polar surface area (TPSA) is 115 Å². The quantitative estimate of drug-likeness (QED) is 0.382. The number of benzene rings is 1. The zero-order chi connectivity index (χ0) is 25.5. The fourth-order valence-corrected chi connectivity index (χ4v) is 5.63. The largest absolute Gasteiger partial charge is 0.464 e. The number of carbonyl (C=O) groups is 1. The van der Waals surface area contributed by atoms with Crippen LogP contribution in [0.5, 0.6) is 0 Å². The van der Waals surface area contributed by atoms with E-state index in [2.05, 4.69) is 27.4 Å². The summed E-state index contributed by atoms with van der Waals surface area (Å²) in [6.07, 6.45) is 5.08. The molecule has 1 fully saturated rings. The molecule has 0 bridgehead atoms. The number of carbonyl (C=O) groups excluding carboxylic acids is 1. The summed E-state index contributed by atoms with van der Waals surface area (Å²) in [6, 6.07) is 8.19. The molecule has 1 aromatic carbocycles. The smallest absolute Gasteiger partial charge is 0.312 e. The predicted octanol–water partition coefficient (Wildman–Crippen LogP) is 4.02. The molecule has 3 N–H and O–H groups in total. The number of hydrogen-bond acceptors (Lipinski definition) is 7. The van der Waals surface area contributed by atoms with Crippen molar-refractivity contribution in [3.63, 3.8) is 0 Å². The van der Waals surface area contributed by atoms with Gasteiger partial charge in [-0.15, -0.1) is 0 Å². The van der Waals surface area contributed by atoms with Crippen LogP contribution in [0.1, 0.15) is 43.1 Å². The van der Waals surface area contributed by atoms with E-state index in [1.54, 1.807) is 13.2 Å². The number of aromatic nitrogens is 4. The maximum Gasteiger partial charge on any atom is 0.312 e. The van der Waals surface area contributed by atoms with Crippen molar-refractivity contribution in [2.75, 3.05) is 30.7 Å². The number of furan rings is 1. The number of aryl methyl sites for hydroxylation is 1. The Labute approximate surface area is 213 Å². The third kappa shape index (κ3) is 4.52. The third-order valence-electron chi connectivity index (χ3n) is 7.67. The van der Waals surface area contributed by atoms with E-state index >= 15 is 0 Å². The SMILES string of the molecule is CC(=O)N1CCC(CCn2c(Cc3cc4c(cc3-c3ccco3)NCC4)nc3c(N)nc(F)nc32)CC1. The van der Waals surface area contributed by atoms with Crippen molar-refractivity contribution in [1.82, 2.24) is 24.4 Å². The Kier molecular flexibility index (Phi) is 6.02. The van der Waals surface area contributed by atoms with Crippen molar-refractivity contribution in [2.45, 2.75) is 45.6 Å². The minimum Gasteiger partial charge on any atom is -0.464 e. The van der Waals surface area contributed by atoms with Gasteiger partial charge in [0.1, 0.15) is 11.6 Å². The van der Waals surface area contributed by atoms with Crippen LogP contribution in [-0.4, -0.2) is 50.0 Å². The highest BCUT2D eigenvalue weighted by Crippen LogP contribution is 2.35. The standard InChI is InChI=1S/C27H30FN7O2/c1-16(36)34-9-5-17(6-10-34)7-11-35-23(31-24-25(29)32-27(28)33-26(24)35)14-19-13-18-4-8-30-21(18)15-20(19)22-3-2-12-37-22/h2-3,12-13,15,17,30H,4-11,14H2,1H3,(H2,29,32,33). The van der Waals surface area contributed by atoms with Gasteiger partial charge in [-0.05, 0) is 60.9 Å². The number of rotatable bonds is 6. The molecule has 0 aliphatic carbocycles. The number of halogens is 1. The molecule has 1 saturated heterocycles. The van der Waals surface area contributed by atoms with E-state index in [9.17, 15) is 9.18 Å². The fourth-order valence-electron chi connectivity index (χ4n) is 5.63. The average molecular weight is 504 g/mol. The number of amides is 1. The highest BCUT2D eigenvalue weighted by Gasteiger charge is 2.24. The summed E-state index contributed by atoms with van der Waals surface area (Å²) in [4.78, 5) is 26.2. The van der Waals surface area contributed by atoms with Gasteiger partial charge in [-0.25, -0.2) is 4.98 Å². The van der Waals surface area contributed by atoms with Crippen LogP contribution in [0.25, 0.3) is 22.5 Å². The van der Waals surface area contributed by atoms with Crippen LogP contribution in [0.4, 0.5) is 15.9 Å². The highest BCUT2D eigenvalue weighted by atomic mass is 19.1. The van der Waals surface area contributed by atoms with Crippen molar-refractivity contribution in [3.05, 3.63) is 53.6 Å². The summed E-state index contributed by atoms with van der Waals surface area (Å²) in [6.45, 7) is 4.71. The summed E-state index contributed by atoms with van der Waals surface area (Å²) in [7, 11) is 0. The Morgan fingerprint density at radius 3 is 2.84 bits per heavy atom. The fraction of sp³-hybridized carbons (Fsp3) is 0.407. The second-order valence-corrected chi connectivity index (χ2v) is 9.97. The van der Waals surface area contributed by atoms with Gasteiger partial charge in [-0.1, -0.05) is 6.07 Å². The Hall–Kier alpha value is -3.95. The van der Waals surface area contributed by atoms with Gasteiger partial charge in [0.05, 0.1) is 6.26 Å². The zero-order valence-electron chi connectivity index (χ0n) is 20.8. The van der Waals surface area contributed by atoms with E-state index in [0.717, 1.165) is 73.7 Å². The normalized spacial score (nSPS) is 15.8. The number of fused-ring (bicyclic) bond motifs is 2. The number of likely N-dealkylation sites (tertiary alicyclic amines) is 1. The van der Waals surface area contributed by atoms with Crippen LogP contribution in [0.3, 0.4) is 0 Å². The predicted molar refractivity (Wildman–Crippen MR) is 138 cm³/mol. The molecule has 0 radical (unpaired) electrons. The molecule has 10 heteroatoms. The van der Waals surface area contributed by atoms with Crippen molar-refractivity contribution >= 4 is 28.6 Å². The number of nitrogens with zero attached hydrogens (tertiary/aromatic N) is 5. The molecule has 37 heavy (non-hydrogen) atoms. The lowest BCUT2D eigenvalue weighted by atomic mass is 9.93. The Morgan fingerprint density at radius 2 is 2.08 bits per heavy atom. The van der Waals surface area contributed by atoms with Gasteiger partial charge in [-0.3, -0.25) is 4.79 Å². The summed E-state index contributed by atoms with van der Waals surface area (Å²) in [5.74, 6) is 2.19. The van der Waals surface area contributed by atoms with Gasteiger partial charge in [-0.2, -0.15) is 14.4 Å². The number of nitrogens with one attached hydrogen (secondary N) is 1. The highest BCUT2D eigenvalue weighted by molar-refractivity contribution is 5.82. The van der Waals surface area contributed by atoms with E-state index < -0.39 is 6.08 Å². The molecular formula is C27H30FN7O2. The number of imidazole rings is 1. The van der Waals surface area contributed by atoms with Gasteiger partial charge in [0.15, 0.2) is 17.0 Å². The molecule has 0 saturated carbocycles. The molecule has 6 rings (SSSR count). The lowest BCUT2D eigenvalue weighted by Gasteiger charge is -2.31. The Morgan fingerprint density at radius 1 is 1.24 bits per heavy atom. The van der Waals surface area contributed by atoms with E-state index in [4.69, 9.17) is 15.1 Å². The van der Waals surface area contributed by atoms with Crippen molar-refractivity contribution in [3.8, 4) is 11.3 Å². The van der Waals surface area contributed by atoms with E-state index in [1.807, 2.05) is 21.6 Å². The minimum absolute atomic E-state index is 0.0432. The first-order valence-corrected chi connectivity index (χ1v) is 12.8. The molecule has 192 valence electrons. The Bertz CT molecular complexity index is 1460. The molecular weight excluding hydrogens is 473 g/mol. The molecule has 0 atom stereocenters. The maximum absolute atomic E-state index is 14.2. The molecule has 2 aliphatic rings. The third-order valence-corrected chi connectivity index (χ3v) is 7.67. The van der Waals surface area contributed by atoms with E-state index in [-0.39, 0.29) is 11.7 Å². The van der Waals surface area contributed by atoms with Crippen molar-refractivity contribution < 1.29 is 13.6 Å². The second-order valence-electron chi connectivity index (χ2n) is 9.97. The number of nitrogen functional groups attached to an aromatic ring is 1. The molecule has 0 spiro atoms. The number of piperidine rings is 1. The lowest BCUT2D eigenvalue weighted by molar-refractivity contribution is -0.130. The number of nitrogens with two attached hydrogens (primary N) is 1. The van der Waals surface area contributed by atoms with Gasteiger partial charge < -0.3 is 24.9 Å². The van der Waals surface area contributed by atoms with Gasteiger partial charge in [0, 0.05) is 50.8 Å². The summed E-state index contributed by atoms with van der Waals surface area (Å²) in [5.41, 5.74) is 11.4. The first-order chi connectivity index (χ1) is 18.0. The van der Waals surface area contributed by atoms with E-state index in [0.29, 0.717) is 30.0 Å². The van der Waals surface area contributed by atoms with Crippen LogP contribution in [0, 0.1) is 12.0 Å². The van der Waals surface area contributed by atoms with Crippen LogP contribution in [0.15, 0.2) is 34.9 Å². The first kappa shape index (κ1) is 23.4. The second kappa shape index (κ2) is 9.49. The molecule has 9 nitrogen and oxygen atoms in total. The van der Waals surface area contributed by atoms with E-state index in [1.165, 1.54) is 5.56 Å². The van der Waals surface area contributed by atoms with Crippen molar-refractivity contribution in [1.29, 1.82) is 0 Å². The molecule has 3 aromatic heterocycles. The maximum atomic E-state index is 14.2.